The largest absolute Gasteiger partial charge is 0.378 e. The minimum atomic E-state index is 0.319. The summed E-state index contributed by atoms with van der Waals surface area (Å²) in [5.41, 5.74) is 2.38. The molecular weight excluding hydrogens is 310 g/mol. The van der Waals surface area contributed by atoms with Gasteiger partial charge in [0.15, 0.2) is 0 Å². The van der Waals surface area contributed by atoms with Gasteiger partial charge in [0.1, 0.15) is 0 Å². The summed E-state index contributed by atoms with van der Waals surface area (Å²) in [5, 5.41) is 4.28. The van der Waals surface area contributed by atoms with Gasteiger partial charge in [0.25, 0.3) is 0 Å². The molecule has 0 fully saturated rings. The van der Waals surface area contributed by atoms with Gasteiger partial charge in [0, 0.05) is 15.2 Å². The molecule has 94 valence electrons. The summed E-state index contributed by atoms with van der Waals surface area (Å²) in [6.45, 7) is 2.18. The fourth-order valence-electron chi connectivity index (χ4n) is 1.86. The molecule has 3 heteroatoms. The highest BCUT2D eigenvalue weighted by molar-refractivity contribution is 9.10. The number of rotatable bonds is 4. The molecule has 1 atom stereocenters. The Morgan fingerprint density at radius 2 is 1.67 bits per heavy atom. The molecule has 0 amide bonds. The Bertz CT molecular complexity index is 493. The van der Waals surface area contributed by atoms with Crippen LogP contribution in [0.2, 0.25) is 5.02 Å². The van der Waals surface area contributed by atoms with Crippen molar-refractivity contribution in [2.45, 2.75) is 19.4 Å². The zero-order chi connectivity index (χ0) is 13.0. The average Bonchev–Trinajstić information content (AvgIpc) is 2.39. The summed E-state index contributed by atoms with van der Waals surface area (Å²) in [4.78, 5) is 0. The second-order valence-electron chi connectivity index (χ2n) is 4.16. The van der Waals surface area contributed by atoms with E-state index in [0.717, 1.165) is 21.6 Å². The lowest BCUT2D eigenvalue weighted by atomic mass is 10.0. The number of benzene rings is 2. The van der Waals surface area contributed by atoms with E-state index in [4.69, 9.17) is 11.6 Å². The summed E-state index contributed by atoms with van der Waals surface area (Å²) in [7, 11) is 0. The molecule has 0 aliphatic carbocycles. The monoisotopic (exact) mass is 323 g/mol. The van der Waals surface area contributed by atoms with Crippen LogP contribution < -0.4 is 5.32 Å². The average molecular weight is 325 g/mol. The van der Waals surface area contributed by atoms with Crippen LogP contribution in [-0.2, 0) is 0 Å². The molecular formula is C15H15BrClN. The number of halogens is 2. The lowest BCUT2D eigenvalue weighted by Crippen LogP contribution is -2.09. The minimum absolute atomic E-state index is 0.319. The van der Waals surface area contributed by atoms with E-state index >= 15 is 0 Å². The topological polar surface area (TPSA) is 12.0 Å². The third-order valence-corrected chi connectivity index (χ3v) is 3.65. The number of anilines is 1. The Balaban J connectivity index is 2.14. The van der Waals surface area contributed by atoms with Crippen LogP contribution >= 0.6 is 27.5 Å². The smallest absolute Gasteiger partial charge is 0.0511 e. The maximum atomic E-state index is 5.88. The van der Waals surface area contributed by atoms with Crippen LogP contribution in [0.25, 0.3) is 0 Å². The predicted molar refractivity (Wildman–Crippen MR) is 82.2 cm³/mol. The van der Waals surface area contributed by atoms with Crippen LogP contribution in [0, 0.1) is 0 Å². The molecule has 1 nitrogen and oxygen atoms in total. The highest BCUT2D eigenvalue weighted by Crippen LogP contribution is 2.24. The van der Waals surface area contributed by atoms with Crippen molar-refractivity contribution >= 4 is 33.2 Å². The van der Waals surface area contributed by atoms with Crippen molar-refractivity contribution in [2.75, 3.05) is 5.32 Å². The molecule has 0 heterocycles. The van der Waals surface area contributed by atoms with E-state index in [1.54, 1.807) is 0 Å². The Kier molecular flexibility index (Phi) is 4.67. The van der Waals surface area contributed by atoms with Crippen molar-refractivity contribution in [3.05, 3.63) is 63.6 Å². The van der Waals surface area contributed by atoms with Gasteiger partial charge in [-0.25, -0.2) is 0 Å². The van der Waals surface area contributed by atoms with Crippen molar-refractivity contribution in [2.24, 2.45) is 0 Å². The van der Waals surface area contributed by atoms with Crippen LogP contribution in [0.15, 0.2) is 53.0 Å². The summed E-state index contributed by atoms with van der Waals surface area (Å²) >= 11 is 9.34. The molecule has 2 rings (SSSR count). The highest BCUT2D eigenvalue weighted by atomic mass is 79.9. The second-order valence-corrected chi connectivity index (χ2v) is 5.52. The van der Waals surface area contributed by atoms with Crippen molar-refractivity contribution in [3.63, 3.8) is 0 Å². The van der Waals surface area contributed by atoms with Crippen LogP contribution in [-0.4, -0.2) is 0 Å². The molecule has 0 spiro atoms. The lowest BCUT2D eigenvalue weighted by molar-refractivity contribution is 0.749. The Morgan fingerprint density at radius 3 is 2.22 bits per heavy atom. The molecule has 0 aromatic heterocycles. The van der Waals surface area contributed by atoms with E-state index in [9.17, 15) is 0 Å². The molecule has 0 saturated carbocycles. The number of hydrogen-bond acceptors (Lipinski definition) is 1. The zero-order valence-electron chi connectivity index (χ0n) is 10.2. The fourth-order valence-corrected chi connectivity index (χ4v) is 2.25. The molecule has 18 heavy (non-hydrogen) atoms. The quantitative estimate of drug-likeness (QED) is 0.764. The first-order valence-corrected chi connectivity index (χ1v) is 7.13. The Labute approximate surface area is 121 Å². The van der Waals surface area contributed by atoms with E-state index in [2.05, 4.69) is 52.4 Å². The summed E-state index contributed by atoms with van der Waals surface area (Å²) in [6, 6.07) is 16.6. The number of hydrogen-bond donors (Lipinski definition) is 1. The van der Waals surface area contributed by atoms with Gasteiger partial charge in [0.2, 0.25) is 0 Å². The van der Waals surface area contributed by atoms with Crippen molar-refractivity contribution in [3.8, 4) is 0 Å². The molecule has 0 aliphatic heterocycles. The van der Waals surface area contributed by atoms with Gasteiger partial charge in [-0.05, 0) is 48.4 Å². The van der Waals surface area contributed by atoms with Crippen LogP contribution in [0.4, 0.5) is 5.69 Å². The van der Waals surface area contributed by atoms with Gasteiger partial charge >= 0.3 is 0 Å². The SMILES string of the molecule is CCC(Nc1ccc(Cl)cc1)c1ccc(Br)cc1. The van der Waals surface area contributed by atoms with Crippen LogP contribution in [0.1, 0.15) is 24.9 Å². The van der Waals surface area contributed by atoms with Gasteiger partial charge in [-0.3, -0.25) is 0 Å². The minimum Gasteiger partial charge on any atom is -0.378 e. The van der Waals surface area contributed by atoms with E-state index in [-0.39, 0.29) is 0 Å². The zero-order valence-corrected chi connectivity index (χ0v) is 12.5. The molecule has 1 unspecified atom stereocenters. The summed E-state index contributed by atoms with van der Waals surface area (Å²) in [6.07, 6.45) is 1.03. The van der Waals surface area contributed by atoms with Crippen molar-refractivity contribution in [1.29, 1.82) is 0 Å². The molecule has 2 aromatic carbocycles. The normalized spacial score (nSPS) is 12.2. The van der Waals surface area contributed by atoms with Crippen molar-refractivity contribution in [1.82, 2.24) is 0 Å². The van der Waals surface area contributed by atoms with Gasteiger partial charge in [-0.15, -0.1) is 0 Å². The maximum absolute atomic E-state index is 5.88. The lowest BCUT2D eigenvalue weighted by Gasteiger charge is -2.19. The van der Waals surface area contributed by atoms with E-state index < -0.39 is 0 Å². The van der Waals surface area contributed by atoms with Crippen molar-refractivity contribution < 1.29 is 0 Å². The second kappa shape index (κ2) is 6.26. The van der Waals surface area contributed by atoms with Crippen LogP contribution in [0.3, 0.4) is 0 Å². The van der Waals surface area contributed by atoms with E-state index in [1.165, 1.54) is 5.56 Å². The summed E-state index contributed by atoms with van der Waals surface area (Å²) < 4.78 is 1.10. The molecule has 0 radical (unpaired) electrons. The first-order chi connectivity index (χ1) is 8.69. The summed E-state index contributed by atoms with van der Waals surface area (Å²) in [5.74, 6) is 0. The molecule has 1 N–H and O–H groups in total. The Morgan fingerprint density at radius 1 is 1.06 bits per heavy atom. The van der Waals surface area contributed by atoms with Crippen LogP contribution in [0.5, 0.6) is 0 Å². The molecule has 0 aliphatic rings. The third-order valence-electron chi connectivity index (χ3n) is 2.87. The van der Waals surface area contributed by atoms with Gasteiger partial charge < -0.3 is 5.32 Å². The fraction of sp³-hybridized carbons (Fsp3) is 0.200. The first kappa shape index (κ1) is 13.4. The predicted octanol–water partition coefficient (Wildman–Crippen LogP) is 5.67. The van der Waals surface area contributed by atoms with Gasteiger partial charge in [-0.2, -0.15) is 0 Å². The van der Waals surface area contributed by atoms with E-state index in [0.29, 0.717) is 6.04 Å². The molecule has 0 bridgehead atoms. The maximum Gasteiger partial charge on any atom is 0.0511 e. The molecule has 0 saturated heterocycles. The van der Waals surface area contributed by atoms with E-state index in [1.807, 2.05) is 24.3 Å². The highest BCUT2D eigenvalue weighted by Gasteiger charge is 2.08. The number of nitrogens with one attached hydrogen (secondary N) is 1. The standard InChI is InChI=1S/C15H15BrClN/c1-2-15(11-3-5-12(16)6-4-11)18-14-9-7-13(17)8-10-14/h3-10,15,18H,2H2,1H3. The van der Waals surface area contributed by atoms with Gasteiger partial charge in [0.05, 0.1) is 6.04 Å². The third kappa shape index (κ3) is 3.50. The Hall–Kier alpha value is -0.990. The molecule has 2 aromatic rings. The van der Waals surface area contributed by atoms with Gasteiger partial charge in [-0.1, -0.05) is 46.6 Å². The first-order valence-electron chi connectivity index (χ1n) is 5.96.